The Morgan fingerprint density at radius 3 is 2.54 bits per heavy atom. The Kier molecular flexibility index (Phi) is 4.25. The minimum atomic E-state index is -4.54. The molecule has 7 heteroatoms. The van der Waals surface area contributed by atoms with Crippen LogP contribution in [0.4, 0.5) is 17.6 Å². The van der Waals surface area contributed by atoms with E-state index < -0.39 is 28.7 Å². The molecule has 0 amide bonds. The van der Waals surface area contributed by atoms with Gasteiger partial charge in [0.15, 0.2) is 0 Å². The number of ether oxygens (including phenoxy) is 1. The summed E-state index contributed by atoms with van der Waals surface area (Å²) in [5, 5.41) is -0.839. The summed E-state index contributed by atoms with van der Waals surface area (Å²) < 4.78 is 57.8. The summed E-state index contributed by atoms with van der Waals surface area (Å²) in [6.45, 7) is 0.202. The molecule has 0 N–H and O–H groups in total. The van der Waals surface area contributed by atoms with Crippen LogP contribution < -0.4 is 4.74 Å². The normalized spacial score (nSPS) is 17.1. The zero-order valence-electron chi connectivity index (χ0n) is 12.2. The molecule has 2 aromatic carbocycles. The van der Waals surface area contributed by atoms with Crippen LogP contribution in [-0.4, -0.2) is 11.8 Å². The number of carbonyl (C=O) groups is 1. The number of rotatable bonds is 2. The second-order valence-corrected chi connectivity index (χ2v) is 5.79. The van der Waals surface area contributed by atoms with E-state index in [1.165, 1.54) is 18.2 Å². The highest BCUT2D eigenvalue weighted by atomic mass is 35.5. The van der Waals surface area contributed by atoms with Crippen molar-refractivity contribution in [2.45, 2.75) is 18.5 Å². The number of fused-ring (bicyclic) bond motifs is 1. The smallest absolute Gasteiger partial charge is 0.416 e. The average Bonchev–Trinajstić information content (AvgIpc) is 2.52. The van der Waals surface area contributed by atoms with Gasteiger partial charge in [0.25, 0.3) is 5.24 Å². The van der Waals surface area contributed by atoms with Crippen LogP contribution in [-0.2, 0) is 6.18 Å². The third kappa shape index (κ3) is 3.11. The van der Waals surface area contributed by atoms with Crippen LogP contribution in [0.15, 0.2) is 36.4 Å². The Balaban J connectivity index is 2.17. The van der Waals surface area contributed by atoms with Gasteiger partial charge in [-0.1, -0.05) is 6.07 Å². The van der Waals surface area contributed by atoms with Gasteiger partial charge in [-0.3, -0.25) is 4.79 Å². The van der Waals surface area contributed by atoms with Crippen molar-refractivity contribution in [3.8, 4) is 5.75 Å². The van der Waals surface area contributed by atoms with E-state index in [0.717, 1.165) is 18.2 Å². The number of hydrogen-bond donors (Lipinski definition) is 0. The van der Waals surface area contributed by atoms with Gasteiger partial charge in [0.1, 0.15) is 11.6 Å². The van der Waals surface area contributed by atoms with Crippen LogP contribution in [0.3, 0.4) is 0 Å². The number of hydrogen-bond acceptors (Lipinski definition) is 2. The molecule has 0 aromatic heterocycles. The topological polar surface area (TPSA) is 26.3 Å². The molecule has 0 aliphatic carbocycles. The van der Waals surface area contributed by atoms with E-state index in [9.17, 15) is 22.4 Å². The predicted octanol–water partition coefficient (Wildman–Crippen LogP) is 5.14. The fraction of sp³-hybridized carbons (Fsp3) is 0.235. The molecule has 3 rings (SSSR count). The predicted molar refractivity (Wildman–Crippen MR) is 80.0 cm³/mol. The van der Waals surface area contributed by atoms with Gasteiger partial charge in [0, 0.05) is 23.1 Å². The molecule has 0 spiro atoms. The largest absolute Gasteiger partial charge is 0.493 e. The quantitative estimate of drug-likeness (QED) is 0.549. The summed E-state index contributed by atoms with van der Waals surface area (Å²) >= 11 is 5.54. The number of benzene rings is 2. The van der Waals surface area contributed by atoms with Crippen molar-refractivity contribution in [2.75, 3.05) is 6.61 Å². The van der Waals surface area contributed by atoms with Gasteiger partial charge in [-0.15, -0.1) is 0 Å². The zero-order valence-corrected chi connectivity index (χ0v) is 12.9. The Morgan fingerprint density at radius 2 is 1.88 bits per heavy atom. The van der Waals surface area contributed by atoms with Crippen LogP contribution in [0.1, 0.15) is 39.4 Å². The summed E-state index contributed by atoms with van der Waals surface area (Å²) in [7, 11) is 0. The van der Waals surface area contributed by atoms with Gasteiger partial charge >= 0.3 is 6.18 Å². The third-order valence-electron chi connectivity index (χ3n) is 3.98. The molecule has 126 valence electrons. The fourth-order valence-electron chi connectivity index (χ4n) is 2.89. The van der Waals surface area contributed by atoms with Gasteiger partial charge in [-0.05, 0) is 47.9 Å². The summed E-state index contributed by atoms with van der Waals surface area (Å²) in [4.78, 5) is 11.6. The van der Waals surface area contributed by atoms with E-state index >= 15 is 0 Å². The van der Waals surface area contributed by atoms with Crippen molar-refractivity contribution >= 4 is 16.8 Å². The molecule has 2 aromatic rings. The Bertz CT molecular complexity index is 802. The summed E-state index contributed by atoms with van der Waals surface area (Å²) in [5.41, 5.74) is -0.164. The lowest BCUT2D eigenvalue weighted by Crippen LogP contribution is -2.18. The van der Waals surface area contributed by atoms with Crippen LogP contribution >= 0.6 is 11.6 Å². The first-order valence-corrected chi connectivity index (χ1v) is 7.48. The van der Waals surface area contributed by atoms with E-state index in [2.05, 4.69) is 0 Å². The highest BCUT2D eigenvalue weighted by Crippen LogP contribution is 2.42. The number of halogens is 5. The van der Waals surface area contributed by atoms with Crippen molar-refractivity contribution in [3.63, 3.8) is 0 Å². The molecule has 1 aliphatic heterocycles. The van der Waals surface area contributed by atoms with Crippen LogP contribution in [0.2, 0.25) is 0 Å². The zero-order chi connectivity index (χ0) is 17.5. The molecule has 1 aliphatic rings. The first kappa shape index (κ1) is 16.8. The van der Waals surface area contributed by atoms with Crippen LogP contribution in [0.25, 0.3) is 0 Å². The van der Waals surface area contributed by atoms with Gasteiger partial charge in [0.2, 0.25) is 0 Å². The molecule has 0 bridgehead atoms. The maximum Gasteiger partial charge on any atom is 0.416 e. The van der Waals surface area contributed by atoms with Gasteiger partial charge in [0.05, 0.1) is 12.2 Å². The minimum absolute atomic E-state index is 0.00633. The molecule has 1 unspecified atom stereocenters. The standard InChI is InChI=1S/C17H11ClF4O2/c18-16(23)13-3-1-9(17(20,21)22)7-14(13)11-5-6-24-15-8-10(19)2-4-12(11)15/h1-4,7-8,11H,5-6H2. The molecule has 0 radical (unpaired) electrons. The van der Waals surface area contributed by atoms with Crippen molar-refractivity contribution in [1.29, 1.82) is 0 Å². The Labute approximate surface area is 140 Å². The summed E-state index contributed by atoms with van der Waals surface area (Å²) in [6.07, 6.45) is -4.18. The lowest BCUT2D eigenvalue weighted by Gasteiger charge is -2.28. The van der Waals surface area contributed by atoms with Crippen molar-refractivity contribution in [2.24, 2.45) is 0 Å². The van der Waals surface area contributed by atoms with E-state index in [1.807, 2.05) is 0 Å². The Morgan fingerprint density at radius 1 is 1.12 bits per heavy atom. The monoisotopic (exact) mass is 358 g/mol. The Hall–Kier alpha value is -2.08. The molecule has 1 heterocycles. The van der Waals surface area contributed by atoms with Crippen LogP contribution in [0, 0.1) is 5.82 Å². The fourth-order valence-corrected chi connectivity index (χ4v) is 3.06. The third-order valence-corrected chi connectivity index (χ3v) is 4.18. The summed E-state index contributed by atoms with van der Waals surface area (Å²) in [5.74, 6) is -0.780. The van der Waals surface area contributed by atoms with E-state index in [0.29, 0.717) is 12.0 Å². The number of alkyl halides is 3. The lowest BCUT2D eigenvalue weighted by molar-refractivity contribution is -0.137. The molecule has 1 atom stereocenters. The van der Waals surface area contributed by atoms with E-state index in [4.69, 9.17) is 16.3 Å². The summed E-state index contributed by atoms with van der Waals surface area (Å²) in [6, 6.07) is 6.67. The first-order chi connectivity index (χ1) is 11.3. The van der Waals surface area contributed by atoms with Gasteiger partial charge in [-0.25, -0.2) is 4.39 Å². The van der Waals surface area contributed by atoms with Crippen LogP contribution in [0.5, 0.6) is 5.75 Å². The van der Waals surface area contributed by atoms with Crippen molar-refractivity contribution in [1.82, 2.24) is 0 Å². The molecule has 2 nitrogen and oxygen atoms in total. The first-order valence-electron chi connectivity index (χ1n) is 7.10. The SMILES string of the molecule is O=C(Cl)c1ccc(C(F)(F)F)cc1C1CCOc2cc(F)ccc21. The molecular formula is C17H11ClF4O2. The second-order valence-electron chi connectivity index (χ2n) is 5.45. The van der Waals surface area contributed by atoms with Crippen molar-refractivity contribution < 1.29 is 27.1 Å². The maximum absolute atomic E-state index is 13.3. The molecule has 0 saturated heterocycles. The molecule has 0 fully saturated rings. The maximum atomic E-state index is 13.3. The highest BCUT2D eigenvalue weighted by Gasteiger charge is 2.34. The molecule has 24 heavy (non-hydrogen) atoms. The second kappa shape index (κ2) is 6.09. The van der Waals surface area contributed by atoms with Crippen molar-refractivity contribution in [3.05, 3.63) is 64.5 Å². The minimum Gasteiger partial charge on any atom is -0.493 e. The number of carbonyl (C=O) groups excluding carboxylic acids is 1. The molecule has 0 saturated carbocycles. The average molecular weight is 359 g/mol. The van der Waals surface area contributed by atoms with Gasteiger partial charge < -0.3 is 4.74 Å². The lowest BCUT2D eigenvalue weighted by atomic mass is 9.83. The highest BCUT2D eigenvalue weighted by molar-refractivity contribution is 6.67. The molecular weight excluding hydrogens is 348 g/mol. The van der Waals surface area contributed by atoms with Gasteiger partial charge in [-0.2, -0.15) is 13.2 Å². The van der Waals surface area contributed by atoms with E-state index in [-0.39, 0.29) is 23.5 Å². The van der Waals surface area contributed by atoms with E-state index in [1.54, 1.807) is 0 Å².